The molecule has 0 fully saturated rings. The van der Waals surface area contributed by atoms with Gasteiger partial charge in [0.15, 0.2) is 5.78 Å². The summed E-state index contributed by atoms with van der Waals surface area (Å²) < 4.78 is 11.7. The van der Waals surface area contributed by atoms with Crippen LogP contribution < -0.4 is 4.74 Å². The lowest BCUT2D eigenvalue weighted by Gasteiger charge is -2.07. The van der Waals surface area contributed by atoms with E-state index in [0.717, 1.165) is 10.2 Å². The Kier molecular flexibility index (Phi) is 6.37. The first-order chi connectivity index (χ1) is 10.7. The lowest BCUT2D eigenvalue weighted by Crippen LogP contribution is -2.07. The maximum Gasteiger partial charge on any atom is 0.193 e. The summed E-state index contributed by atoms with van der Waals surface area (Å²) in [4.78, 5) is 12.3. The molecule has 0 bridgehead atoms. The number of ketones is 1. The van der Waals surface area contributed by atoms with Gasteiger partial charge in [0.2, 0.25) is 0 Å². The standard InChI is InChI=1S/C18H17BrO3/c1-2-11-21-12-13-22-17-9-5-15(6-10-17)18(20)14-3-7-16(19)8-4-14/h2-10H,1,11-13H2. The minimum atomic E-state index is -0.00614. The second-order valence-corrected chi connectivity index (χ2v) is 5.49. The van der Waals surface area contributed by atoms with Crippen molar-refractivity contribution in [3.8, 4) is 5.75 Å². The van der Waals surface area contributed by atoms with E-state index >= 15 is 0 Å². The Balaban J connectivity index is 1.92. The molecule has 0 amide bonds. The molecule has 0 aliphatic carbocycles. The molecule has 0 spiro atoms. The van der Waals surface area contributed by atoms with Gasteiger partial charge >= 0.3 is 0 Å². The summed E-state index contributed by atoms with van der Waals surface area (Å²) in [5.74, 6) is 0.711. The van der Waals surface area contributed by atoms with Crippen molar-refractivity contribution in [2.24, 2.45) is 0 Å². The second kappa shape index (κ2) is 8.51. The van der Waals surface area contributed by atoms with Gasteiger partial charge in [-0.25, -0.2) is 0 Å². The maximum atomic E-state index is 12.3. The van der Waals surface area contributed by atoms with E-state index < -0.39 is 0 Å². The molecule has 3 nitrogen and oxygen atoms in total. The van der Waals surface area contributed by atoms with Gasteiger partial charge < -0.3 is 9.47 Å². The summed E-state index contributed by atoms with van der Waals surface area (Å²) in [6.07, 6.45) is 1.70. The van der Waals surface area contributed by atoms with Crippen LogP contribution in [0.2, 0.25) is 0 Å². The average Bonchev–Trinajstić information content (AvgIpc) is 2.55. The van der Waals surface area contributed by atoms with E-state index in [9.17, 15) is 4.79 Å². The van der Waals surface area contributed by atoms with Crippen LogP contribution in [0, 0.1) is 0 Å². The van der Waals surface area contributed by atoms with Gasteiger partial charge in [-0.2, -0.15) is 0 Å². The monoisotopic (exact) mass is 360 g/mol. The normalized spacial score (nSPS) is 10.2. The third-order valence-electron chi connectivity index (χ3n) is 2.96. The van der Waals surface area contributed by atoms with Crippen molar-refractivity contribution < 1.29 is 14.3 Å². The Morgan fingerprint density at radius 3 is 2.18 bits per heavy atom. The van der Waals surface area contributed by atoms with Crippen molar-refractivity contribution in [2.75, 3.05) is 19.8 Å². The summed E-state index contributed by atoms with van der Waals surface area (Å²) in [7, 11) is 0. The molecule has 114 valence electrons. The van der Waals surface area contributed by atoms with Crippen molar-refractivity contribution in [1.29, 1.82) is 0 Å². The number of rotatable bonds is 8. The first kappa shape index (κ1) is 16.5. The Morgan fingerprint density at radius 1 is 1.00 bits per heavy atom. The highest BCUT2D eigenvalue weighted by molar-refractivity contribution is 9.10. The number of ether oxygens (including phenoxy) is 2. The van der Waals surface area contributed by atoms with Gasteiger partial charge in [-0.15, -0.1) is 6.58 Å². The van der Waals surface area contributed by atoms with Gasteiger partial charge in [-0.05, 0) is 48.5 Å². The van der Waals surface area contributed by atoms with Gasteiger partial charge in [0.25, 0.3) is 0 Å². The van der Waals surface area contributed by atoms with Crippen LogP contribution in [0.4, 0.5) is 0 Å². The fourth-order valence-electron chi connectivity index (χ4n) is 1.86. The van der Waals surface area contributed by atoms with Crippen LogP contribution in [-0.2, 0) is 4.74 Å². The van der Waals surface area contributed by atoms with E-state index in [1.54, 1.807) is 42.5 Å². The molecule has 4 heteroatoms. The van der Waals surface area contributed by atoms with Crippen molar-refractivity contribution in [3.05, 3.63) is 76.8 Å². The third kappa shape index (κ3) is 4.83. The molecule has 2 rings (SSSR count). The highest BCUT2D eigenvalue weighted by Crippen LogP contribution is 2.17. The zero-order chi connectivity index (χ0) is 15.8. The van der Waals surface area contributed by atoms with Crippen molar-refractivity contribution in [1.82, 2.24) is 0 Å². The predicted molar refractivity (Wildman–Crippen MR) is 90.5 cm³/mol. The molecule has 0 saturated heterocycles. The highest BCUT2D eigenvalue weighted by Gasteiger charge is 2.08. The van der Waals surface area contributed by atoms with Crippen molar-refractivity contribution in [3.63, 3.8) is 0 Å². The molecule has 0 aliphatic heterocycles. The van der Waals surface area contributed by atoms with Gasteiger partial charge in [0, 0.05) is 15.6 Å². The van der Waals surface area contributed by atoms with Crippen LogP contribution in [0.1, 0.15) is 15.9 Å². The number of halogens is 1. The average molecular weight is 361 g/mol. The van der Waals surface area contributed by atoms with Crippen LogP contribution in [0.25, 0.3) is 0 Å². The summed E-state index contributed by atoms with van der Waals surface area (Å²) in [6, 6.07) is 14.4. The quantitative estimate of drug-likeness (QED) is 0.400. The smallest absolute Gasteiger partial charge is 0.193 e. The van der Waals surface area contributed by atoms with E-state index in [-0.39, 0.29) is 5.78 Å². The van der Waals surface area contributed by atoms with Gasteiger partial charge in [0.05, 0.1) is 13.2 Å². The van der Waals surface area contributed by atoms with Crippen molar-refractivity contribution in [2.45, 2.75) is 0 Å². The van der Waals surface area contributed by atoms with Gasteiger partial charge in [-0.3, -0.25) is 4.79 Å². The van der Waals surface area contributed by atoms with Crippen molar-refractivity contribution >= 4 is 21.7 Å². The third-order valence-corrected chi connectivity index (χ3v) is 3.48. The fraction of sp³-hybridized carbons (Fsp3) is 0.167. The fourth-order valence-corrected chi connectivity index (χ4v) is 2.12. The maximum absolute atomic E-state index is 12.3. The van der Waals surface area contributed by atoms with Gasteiger partial charge in [0.1, 0.15) is 12.4 Å². The molecule has 0 aliphatic rings. The number of hydrogen-bond donors (Lipinski definition) is 0. The molecule has 2 aromatic rings. The summed E-state index contributed by atoms with van der Waals surface area (Å²) in [6.45, 7) is 5.06. The molecule has 0 radical (unpaired) electrons. The minimum absolute atomic E-state index is 0.00614. The Morgan fingerprint density at radius 2 is 1.59 bits per heavy atom. The SMILES string of the molecule is C=CCOCCOc1ccc(C(=O)c2ccc(Br)cc2)cc1. The number of carbonyl (C=O) groups is 1. The highest BCUT2D eigenvalue weighted by atomic mass is 79.9. The van der Waals surface area contributed by atoms with Crippen LogP contribution in [0.5, 0.6) is 5.75 Å². The lowest BCUT2D eigenvalue weighted by molar-refractivity contribution is 0.103. The number of hydrogen-bond acceptors (Lipinski definition) is 3. The minimum Gasteiger partial charge on any atom is -0.491 e. The Hall–Kier alpha value is -1.91. The summed E-state index contributed by atoms with van der Waals surface area (Å²) in [5, 5.41) is 0. The molecular formula is C18H17BrO3. The molecule has 22 heavy (non-hydrogen) atoms. The lowest BCUT2D eigenvalue weighted by atomic mass is 10.0. The Labute approximate surface area is 138 Å². The zero-order valence-electron chi connectivity index (χ0n) is 12.1. The zero-order valence-corrected chi connectivity index (χ0v) is 13.7. The molecule has 0 aromatic heterocycles. The predicted octanol–water partition coefficient (Wildman–Crippen LogP) is 4.26. The summed E-state index contributed by atoms with van der Waals surface area (Å²) >= 11 is 3.36. The molecule has 0 heterocycles. The molecule has 0 atom stereocenters. The largest absolute Gasteiger partial charge is 0.491 e. The van der Waals surface area contributed by atoms with E-state index in [1.807, 2.05) is 12.1 Å². The molecule has 0 saturated carbocycles. The Bertz CT molecular complexity index is 618. The second-order valence-electron chi connectivity index (χ2n) is 4.57. The van der Waals surface area contributed by atoms with Crippen LogP contribution in [-0.4, -0.2) is 25.6 Å². The van der Waals surface area contributed by atoms with E-state index in [0.29, 0.717) is 30.9 Å². The van der Waals surface area contributed by atoms with E-state index in [2.05, 4.69) is 22.5 Å². The van der Waals surface area contributed by atoms with Crippen LogP contribution in [0.3, 0.4) is 0 Å². The van der Waals surface area contributed by atoms with E-state index in [4.69, 9.17) is 9.47 Å². The van der Waals surface area contributed by atoms with Crippen LogP contribution in [0.15, 0.2) is 65.7 Å². The van der Waals surface area contributed by atoms with Gasteiger partial charge in [-0.1, -0.05) is 22.0 Å². The summed E-state index contributed by atoms with van der Waals surface area (Å²) in [5.41, 5.74) is 1.30. The number of benzene rings is 2. The number of carbonyl (C=O) groups excluding carboxylic acids is 1. The molecule has 0 unspecified atom stereocenters. The topological polar surface area (TPSA) is 35.5 Å². The first-order valence-electron chi connectivity index (χ1n) is 6.92. The van der Waals surface area contributed by atoms with Crippen LogP contribution >= 0.6 is 15.9 Å². The first-order valence-corrected chi connectivity index (χ1v) is 7.72. The molecule has 0 N–H and O–H groups in total. The molecule has 2 aromatic carbocycles. The van der Waals surface area contributed by atoms with E-state index in [1.165, 1.54) is 0 Å². The molecular weight excluding hydrogens is 344 g/mol.